The molecule has 6 heteroatoms. The van der Waals surface area contributed by atoms with Crippen LogP contribution < -0.4 is 10.2 Å². The first-order chi connectivity index (χ1) is 11.7. The molecule has 0 radical (unpaired) electrons. The van der Waals surface area contributed by atoms with E-state index in [1.807, 2.05) is 42.5 Å². The monoisotopic (exact) mass is 358 g/mol. The first kappa shape index (κ1) is 15.6. The lowest BCUT2D eigenvalue weighted by molar-refractivity contribution is 0.581. The Bertz CT molecular complexity index is 871. The van der Waals surface area contributed by atoms with E-state index in [0.29, 0.717) is 10.0 Å². The van der Waals surface area contributed by atoms with Crippen molar-refractivity contribution in [2.24, 2.45) is 0 Å². The number of anilines is 1. The summed E-state index contributed by atoms with van der Waals surface area (Å²) in [5.41, 5.74) is 2.44. The van der Waals surface area contributed by atoms with Crippen LogP contribution in [-0.2, 0) is 0 Å². The zero-order valence-electron chi connectivity index (χ0n) is 13.0. The molecule has 0 aliphatic carbocycles. The largest absolute Gasteiger partial charge is 0.338 e. The number of para-hydroxylation sites is 1. The number of hydrogen-bond acceptors (Lipinski definition) is 4. The Balaban J connectivity index is 1.96. The summed E-state index contributed by atoms with van der Waals surface area (Å²) in [7, 11) is 0. The molecule has 2 aromatic carbocycles. The van der Waals surface area contributed by atoms with Gasteiger partial charge in [-0.15, -0.1) is 0 Å². The van der Waals surface area contributed by atoms with Crippen molar-refractivity contribution in [1.29, 1.82) is 0 Å². The second kappa shape index (κ2) is 6.55. The fraction of sp³-hybridized carbons (Fsp3) is 0.222. The molecule has 1 saturated heterocycles. The average Bonchev–Trinajstić information content (AvgIpc) is 2.62. The molecule has 1 fully saturated rings. The number of hydrogen-bond donors (Lipinski definition) is 1. The topological polar surface area (TPSA) is 41.1 Å². The zero-order valence-corrected chi connectivity index (χ0v) is 14.5. The van der Waals surface area contributed by atoms with Gasteiger partial charge in [-0.05, 0) is 18.2 Å². The van der Waals surface area contributed by atoms with Crippen LogP contribution in [0.5, 0.6) is 0 Å². The highest BCUT2D eigenvalue weighted by atomic mass is 35.5. The van der Waals surface area contributed by atoms with E-state index < -0.39 is 0 Å². The number of nitrogens with one attached hydrogen (secondary N) is 1. The first-order valence-electron chi connectivity index (χ1n) is 7.91. The van der Waals surface area contributed by atoms with Gasteiger partial charge in [-0.3, -0.25) is 0 Å². The number of rotatable bonds is 2. The van der Waals surface area contributed by atoms with Crippen molar-refractivity contribution in [2.45, 2.75) is 0 Å². The molecule has 4 rings (SSSR count). The molecule has 0 unspecified atom stereocenters. The second-order valence-electron chi connectivity index (χ2n) is 5.72. The third-order valence-corrected chi connectivity index (χ3v) is 4.82. The van der Waals surface area contributed by atoms with Crippen LogP contribution in [0, 0.1) is 0 Å². The summed E-state index contributed by atoms with van der Waals surface area (Å²) >= 11 is 12.9. The molecule has 0 amide bonds. The van der Waals surface area contributed by atoms with Crippen molar-refractivity contribution in [3.8, 4) is 11.3 Å². The second-order valence-corrected chi connectivity index (χ2v) is 6.54. The summed E-state index contributed by atoms with van der Waals surface area (Å²) in [4.78, 5) is 11.8. The van der Waals surface area contributed by atoms with E-state index >= 15 is 0 Å². The highest BCUT2D eigenvalue weighted by Crippen LogP contribution is 2.37. The van der Waals surface area contributed by atoms with Crippen LogP contribution in [0.2, 0.25) is 10.0 Å². The molecule has 24 heavy (non-hydrogen) atoms. The summed E-state index contributed by atoms with van der Waals surface area (Å²) in [6.07, 6.45) is 0. The minimum atomic E-state index is 0.595. The minimum absolute atomic E-state index is 0.595. The molecule has 1 aliphatic heterocycles. The minimum Gasteiger partial charge on any atom is -0.338 e. The SMILES string of the molecule is Clc1cccc(Cl)c1-c1nc(N2CCNCC2)nc2ccccc12. The summed E-state index contributed by atoms with van der Waals surface area (Å²) in [5, 5.41) is 5.49. The summed E-state index contributed by atoms with van der Waals surface area (Å²) in [5.74, 6) is 0.723. The summed E-state index contributed by atoms with van der Waals surface area (Å²) in [6, 6.07) is 13.5. The van der Waals surface area contributed by atoms with E-state index in [9.17, 15) is 0 Å². The van der Waals surface area contributed by atoms with Gasteiger partial charge < -0.3 is 10.2 Å². The molecule has 0 spiro atoms. The van der Waals surface area contributed by atoms with Gasteiger partial charge in [0.1, 0.15) is 0 Å². The first-order valence-corrected chi connectivity index (χ1v) is 8.66. The Hall–Kier alpha value is -1.88. The molecular weight excluding hydrogens is 343 g/mol. The van der Waals surface area contributed by atoms with Gasteiger partial charge >= 0.3 is 0 Å². The predicted octanol–water partition coefficient (Wildman–Crippen LogP) is 4.01. The van der Waals surface area contributed by atoms with Crippen molar-refractivity contribution < 1.29 is 0 Å². The molecule has 1 aromatic heterocycles. The molecule has 4 nitrogen and oxygen atoms in total. The van der Waals surface area contributed by atoms with Crippen LogP contribution in [-0.4, -0.2) is 36.1 Å². The van der Waals surface area contributed by atoms with Gasteiger partial charge in [0.25, 0.3) is 0 Å². The van der Waals surface area contributed by atoms with Crippen molar-refractivity contribution in [3.05, 3.63) is 52.5 Å². The molecule has 3 aromatic rings. The van der Waals surface area contributed by atoms with Crippen molar-refractivity contribution in [2.75, 3.05) is 31.1 Å². The number of aromatic nitrogens is 2. The van der Waals surface area contributed by atoms with Gasteiger partial charge in [-0.1, -0.05) is 47.5 Å². The average molecular weight is 359 g/mol. The van der Waals surface area contributed by atoms with Gasteiger partial charge in [0.2, 0.25) is 5.95 Å². The number of piperazine rings is 1. The summed E-state index contributed by atoms with van der Waals surface area (Å²) in [6.45, 7) is 3.62. The van der Waals surface area contributed by atoms with Crippen LogP contribution in [0.3, 0.4) is 0 Å². The lowest BCUT2D eigenvalue weighted by atomic mass is 10.1. The fourth-order valence-electron chi connectivity index (χ4n) is 2.99. The molecule has 2 heterocycles. The number of benzene rings is 2. The lowest BCUT2D eigenvalue weighted by Crippen LogP contribution is -2.44. The third kappa shape index (κ3) is 2.81. The van der Waals surface area contributed by atoms with Crippen molar-refractivity contribution in [3.63, 3.8) is 0 Å². The van der Waals surface area contributed by atoms with E-state index in [1.165, 1.54) is 0 Å². The number of halogens is 2. The maximum atomic E-state index is 6.43. The van der Waals surface area contributed by atoms with E-state index in [-0.39, 0.29) is 0 Å². The molecular formula is C18H16Cl2N4. The highest BCUT2D eigenvalue weighted by Gasteiger charge is 2.19. The van der Waals surface area contributed by atoms with Gasteiger partial charge in [0, 0.05) is 37.1 Å². The molecule has 122 valence electrons. The Morgan fingerprint density at radius 2 is 1.58 bits per heavy atom. The number of fused-ring (bicyclic) bond motifs is 1. The van der Waals surface area contributed by atoms with Crippen LogP contribution in [0.4, 0.5) is 5.95 Å². The van der Waals surface area contributed by atoms with Crippen LogP contribution in [0.1, 0.15) is 0 Å². The molecule has 0 saturated carbocycles. The van der Waals surface area contributed by atoms with Crippen molar-refractivity contribution in [1.82, 2.24) is 15.3 Å². The van der Waals surface area contributed by atoms with Gasteiger partial charge in [-0.25, -0.2) is 9.97 Å². The normalized spacial score (nSPS) is 15.0. The van der Waals surface area contributed by atoms with Crippen LogP contribution in [0.25, 0.3) is 22.2 Å². The Kier molecular flexibility index (Phi) is 4.27. The lowest BCUT2D eigenvalue weighted by Gasteiger charge is -2.28. The molecule has 0 bridgehead atoms. The Labute approximate surface area is 150 Å². The van der Waals surface area contributed by atoms with E-state index in [0.717, 1.165) is 54.3 Å². The molecule has 0 atom stereocenters. The standard InChI is InChI=1S/C18H16Cl2N4/c19-13-5-3-6-14(20)16(13)17-12-4-1-2-7-15(12)22-18(23-17)24-10-8-21-9-11-24/h1-7,21H,8-11H2. The van der Waals surface area contributed by atoms with Gasteiger partial charge in [0.05, 0.1) is 21.3 Å². The van der Waals surface area contributed by atoms with Crippen molar-refractivity contribution >= 4 is 40.1 Å². The van der Waals surface area contributed by atoms with Gasteiger partial charge in [0.15, 0.2) is 0 Å². The Morgan fingerprint density at radius 1 is 0.875 bits per heavy atom. The van der Waals surface area contributed by atoms with Crippen LogP contribution in [0.15, 0.2) is 42.5 Å². The summed E-state index contributed by atoms with van der Waals surface area (Å²) < 4.78 is 0. The maximum absolute atomic E-state index is 6.43. The van der Waals surface area contributed by atoms with E-state index in [4.69, 9.17) is 33.2 Å². The smallest absolute Gasteiger partial charge is 0.226 e. The molecule has 1 N–H and O–H groups in total. The molecule has 1 aliphatic rings. The number of nitrogens with zero attached hydrogens (tertiary/aromatic N) is 3. The fourth-order valence-corrected chi connectivity index (χ4v) is 3.56. The zero-order chi connectivity index (χ0) is 16.5. The van der Waals surface area contributed by atoms with Crippen LogP contribution >= 0.6 is 23.2 Å². The highest BCUT2D eigenvalue weighted by molar-refractivity contribution is 6.39. The van der Waals surface area contributed by atoms with E-state index in [2.05, 4.69) is 10.2 Å². The van der Waals surface area contributed by atoms with Gasteiger partial charge in [-0.2, -0.15) is 0 Å². The third-order valence-electron chi connectivity index (χ3n) is 4.19. The predicted molar refractivity (Wildman–Crippen MR) is 100 cm³/mol. The van der Waals surface area contributed by atoms with E-state index in [1.54, 1.807) is 0 Å². The quantitative estimate of drug-likeness (QED) is 0.751. The Morgan fingerprint density at radius 3 is 2.33 bits per heavy atom. The maximum Gasteiger partial charge on any atom is 0.226 e.